The van der Waals surface area contributed by atoms with E-state index in [1.54, 1.807) is 13.0 Å². The van der Waals surface area contributed by atoms with Crippen LogP contribution < -0.4 is 10.1 Å². The molecule has 0 atom stereocenters. The van der Waals surface area contributed by atoms with E-state index in [9.17, 15) is 4.79 Å². The van der Waals surface area contributed by atoms with Gasteiger partial charge in [-0.3, -0.25) is 4.98 Å². The molecular formula is C13H14N4O3. The monoisotopic (exact) mass is 274 g/mol. The summed E-state index contributed by atoms with van der Waals surface area (Å²) < 4.78 is 5.05. The fourth-order valence-corrected chi connectivity index (χ4v) is 1.62. The lowest BCUT2D eigenvalue weighted by Crippen LogP contribution is -2.07. The number of carboxylic acids is 1. The van der Waals surface area contributed by atoms with Crippen LogP contribution in [0.2, 0.25) is 0 Å². The molecule has 7 nitrogen and oxygen atoms in total. The van der Waals surface area contributed by atoms with E-state index in [2.05, 4.69) is 20.3 Å². The summed E-state index contributed by atoms with van der Waals surface area (Å²) in [5.41, 5.74) is 0.813. The highest BCUT2D eigenvalue weighted by molar-refractivity contribution is 5.87. The molecule has 7 heteroatoms. The second kappa shape index (κ2) is 5.96. The van der Waals surface area contributed by atoms with Gasteiger partial charge in [0.2, 0.25) is 5.88 Å². The minimum Gasteiger partial charge on any atom is -0.481 e. The molecule has 20 heavy (non-hydrogen) atoms. The number of ether oxygens (including phenoxy) is 1. The van der Waals surface area contributed by atoms with Crippen molar-refractivity contribution in [3.05, 3.63) is 41.5 Å². The van der Waals surface area contributed by atoms with Gasteiger partial charge < -0.3 is 15.2 Å². The second-order valence-corrected chi connectivity index (χ2v) is 4.04. The van der Waals surface area contributed by atoms with Crippen molar-refractivity contribution in [2.45, 2.75) is 13.5 Å². The first-order valence-electron chi connectivity index (χ1n) is 5.90. The van der Waals surface area contributed by atoms with E-state index in [0.29, 0.717) is 29.8 Å². The van der Waals surface area contributed by atoms with E-state index in [-0.39, 0.29) is 5.56 Å². The van der Waals surface area contributed by atoms with Crippen LogP contribution in [0, 0.1) is 6.92 Å². The lowest BCUT2D eigenvalue weighted by atomic mass is 10.2. The highest BCUT2D eigenvalue weighted by Crippen LogP contribution is 2.13. The molecule has 0 unspecified atom stereocenters. The number of nitrogens with one attached hydrogen (secondary N) is 1. The SMILES string of the molecule is COc1cc(NCc2cc(C(=O)O)ccn2)nc(C)n1. The Morgan fingerprint density at radius 2 is 2.20 bits per heavy atom. The topological polar surface area (TPSA) is 97.2 Å². The zero-order valence-electron chi connectivity index (χ0n) is 11.1. The Kier molecular flexibility index (Phi) is 4.09. The van der Waals surface area contributed by atoms with Crippen LogP contribution in [0.1, 0.15) is 21.9 Å². The Labute approximate surface area is 115 Å². The summed E-state index contributed by atoms with van der Waals surface area (Å²) >= 11 is 0. The summed E-state index contributed by atoms with van der Waals surface area (Å²) in [4.78, 5) is 23.3. The van der Waals surface area contributed by atoms with E-state index in [1.165, 1.54) is 25.4 Å². The van der Waals surface area contributed by atoms with Gasteiger partial charge in [-0.15, -0.1) is 0 Å². The Morgan fingerprint density at radius 3 is 2.90 bits per heavy atom. The van der Waals surface area contributed by atoms with Crippen LogP contribution in [-0.4, -0.2) is 33.1 Å². The number of pyridine rings is 1. The molecule has 2 aromatic rings. The zero-order chi connectivity index (χ0) is 14.5. The van der Waals surface area contributed by atoms with Crippen molar-refractivity contribution >= 4 is 11.8 Å². The summed E-state index contributed by atoms with van der Waals surface area (Å²) in [6.45, 7) is 2.12. The maximum atomic E-state index is 10.9. The first-order chi connectivity index (χ1) is 9.58. The maximum Gasteiger partial charge on any atom is 0.335 e. The zero-order valence-corrected chi connectivity index (χ0v) is 11.1. The molecule has 0 radical (unpaired) electrons. The van der Waals surface area contributed by atoms with Gasteiger partial charge in [-0.1, -0.05) is 0 Å². The summed E-state index contributed by atoms with van der Waals surface area (Å²) in [7, 11) is 1.53. The average molecular weight is 274 g/mol. The fourth-order valence-electron chi connectivity index (χ4n) is 1.62. The predicted molar refractivity (Wildman–Crippen MR) is 71.8 cm³/mol. The van der Waals surface area contributed by atoms with Gasteiger partial charge >= 0.3 is 5.97 Å². The molecule has 104 valence electrons. The molecule has 0 amide bonds. The van der Waals surface area contributed by atoms with Crippen molar-refractivity contribution in [1.82, 2.24) is 15.0 Å². The fraction of sp³-hybridized carbons (Fsp3) is 0.231. The first-order valence-corrected chi connectivity index (χ1v) is 5.90. The molecule has 0 saturated heterocycles. The highest BCUT2D eigenvalue weighted by atomic mass is 16.5. The first kappa shape index (κ1) is 13.7. The van der Waals surface area contributed by atoms with Crippen molar-refractivity contribution in [2.24, 2.45) is 0 Å². The number of anilines is 1. The summed E-state index contributed by atoms with van der Waals surface area (Å²) in [5, 5.41) is 12.0. The lowest BCUT2D eigenvalue weighted by Gasteiger charge is -2.08. The van der Waals surface area contributed by atoms with Gasteiger partial charge in [0.1, 0.15) is 11.6 Å². The predicted octanol–water partition coefficient (Wildman–Crippen LogP) is 1.50. The number of hydrogen-bond donors (Lipinski definition) is 2. The van der Waals surface area contributed by atoms with Crippen molar-refractivity contribution in [3.8, 4) is 5.88 Å². The summed E-state index contributed by atoms with van der Waals surface area (Å²) in [6, 6.07) is 4.62. The Hall–Kier alpha value is -2.70. The largest absolute Gasteiger partial charge is 0.481 e. The molecule has 0 aliphatic heterocycles. The van der Waals surface area contributed by atoms with Gasteiger partial charge in [0.15, 0.2) is 0 Å². The van der Waals surface area contributed by atoms with Crippen molar-refractivity contribution < 1.29 is 14.6 Å². The number of aromatic carboxylic acids is 1. The van der Waals surface area contributed by atoms with Crippen LogP contribution in [0.25, 0.3) is 0 Å². The lowest BCUT2D eigenvalue weighted by molar-refractivity contribution is 0.0696. The molecule has 0 aromatic carbocycles. The van der Waals surface area contributed by atoms with Crippen LogP contribution in [0.3, 0.4) is 0 Å². The van der Waals surface area contributed by atoms with E-state index >= 15 is 0 Å². The van der Waals surface area contributed by atoms with Gasteiger partial charge in [-0.05, 0) is 19.1 Å². The van der Waals surface area contributed by atoms with E-state index in [0.717, 1.165) is 0 Å². The van der Waals surface area contributed by atoms with Crippen LogP contribution in [0.4, 0.5) is 5.82 Å². The molecule has 0 spiro atoms. The molecule has 0 aliphatic rings. The minimum atomic E-state index is -0.979. The third kappa shape index (κ3) is 3.41. The molecular weight excluding hydrogens is 260 g/mol. The number of aryl methyl sites for hydroxylation is 1. The smallest absolute Gasteiger partial charge is 0.335 e. The molecule has 2 N–H and O–H groups in total. The van der Waals surface area contributed by atoms with Crippen LogP contribution in [-0.2, 0) is 6.54 Å². The van der Waals surface area contributed by atoms with Gasteiger partial charge in [0.25, 0.3) is 0 Å². The molecule has 2 rings (SSSR count). The van der Waals surface area contributed by atoms with E-state index in [4.69, 9.17) is 9.84 Å². The molecule has 2 aromatic heterocycles. The number of carboxylic acid groups (broad SMARTS) is 1. The number of rotatable bonds is 5. The Morgan fingerprint density at radius 1 is 1.40 bits per heavy atom. The second-order valence-electron chi connectivity index (χ2n) is 4.04. The van der Waals surface area contributed by atoms with Gasteiger partial charge in [-0.25, -0.2) is 9.78 Å². The van der Waals surface area contributed by atoms with Crippen molar-refractivity contribution in [1.29, 1.82) is 0 Å². The molecule has 0 aliphatic carbocycles. The summed E-state index contributed by atoms with van der Waals surface area (Å²) in [6.07, 6.45) is 1.46. The van der Waals surface area contributed by atoms with Crippen molar-refractivity contribution in [2.75, 3.05) is 12.4 Å². The van der Waals surface area contributed by atoms with Gasteiger partial charge in [-0.2, -0.15) is 4.98 Å². The summed E-state index contributed by atoms with van der Waals surface area (Å²) in [5.74, 6) is 0.663. The highest BCUT2D eigenvalue weighted by Gasteiger charge is 2.05. The molecule has 0 fully saturated rings. The Bertz CT molecular complexity index is 631. The minimum absolute atomic E-state index is 0.202. The molecule has 2 heterocycles. The van der Waals surface area contributed by atoms with Crippen LogP contribution in [0.5, 0.6) is 5.88 Å². The third-order valence-corrected chi connectivity index (χ3v) is 2.54. The number of hydrogen-bond acceptors (Lipinski definition) is 6. The number of methoxy groups -OCH3 is 1. The standard InChI is InChI=1S/C13H14N4O3/c1-8-16-11(6-12(17-8)20-2)15-7-10-5-9(13(18)19)3-4-14-10/h3-6H,7H2,1-2H3,(H,18,19)(H,15,16,17). The van der Waals surface area contributed by atoms with E-state index in [1.807, 2.05) is 0 Å². The van der Waals surface area contributed by atoms with Gasteiger partial charge in [0, 0.05) is 12.3 Å². The molecule has 0 saturated carbocycles. The molecule has 0 bridgehead atoms. The number of nitrogens with zero attached hydrogens (tertiary/aromatic N) is 3. The number of aromatic nitrogens is 3. The quantitative estimate of drug-likeness (QED) is 0.852. The van der Waals surface area contributed by atoms with Crippen LogP contribution >= 0.6 is 0 Å². The Balaban J connectivity index is 2.10. The normalized spacial score (nSPS) is 10.1. The van der Waals surface area contributed by atoms with E-state index < -0.39 is 5.97 Å². The number of carbonyl (C=O) groups is 1. The maximum absolute atomic E-state index is 10.9. The van der Waals surface area contributed by atoms with Crippen molar-refractivity contribution in [3.63, 3.8) is 0 Å². The van der Waals surface area contributed by atoms with Crippen LogP contribution in [0.15, 0.2) is 24.4 Å². The average Bonchev–Trinajstić information content (AvgIpc) is 2.44. The third-order valence-electron chi connectivity index (χ3n) is 2.54. The van der Waals surface area contributed by atoms with Gasteiger partial charge in [0.05, 0.1) is 24.9 Å².